The van der Waals surface area contributed by atoms with E-state index in [9.17, 15) is 10.1 Å². The molecule has 0 spiro atoms. The molecule has 124 valence electrons. The molecule has 0 aliphatic carbocycles. The van der Waals surface area contributed by atoms with Crippen LogP contribution >= 0.6 is 23.2 Å². The van der Waals surface area contributed by atoms with Crippen LogP contribution in [0.25, 0.3) is 0 Å². The maximum atomic E-state index is 12.6. The van der Waals surface area contributed by atoms with Gasteiger partial charge < -0.3 is 14.8 Å². The molecule has 1 saturated heterocycles. The van der Waals surface area contributed by atoms with Gasteiger partial charge in [-0.2, -0.15) is 5.26 Å². The number of nitrogens with one attached hydrogen (secondary N) is 1. The van der Waals surface area contributed by atoms with E-state index in [2.05, 4.69) is 16.0 Å². The molecule has 1 aromatic carbocycles. The normalized spacial score (nSPS) is 15.0. The standard InChI is InChI=1S/C17H16Cl2N4O/c18-13-10-14(21-16(13)19)17(24)23-7-3-6-22(8-9-23)15-5-2-1-4-12(15)11-20/h1-2,4-5,10,21H,3,6-9H2. The molecule has 1 aliphatic rings. The second-order valence-corrected chi connectivity index (χ2v) is 6.39. The molecule has 5 nitrogen and oxygen atoms in total. The van der Waals surface area contributed by atoms with Gasteiger partial charge >= 0.3 is 0 Å². The number of aromatic nitrogens is 1. The average Bonchev–Trinajstić information content (AvgIpc) is 2.80. The van der Waals surface area contributed by atoms with Crippen LogP contribution in [-0.2, 0) is 0 Å². The summed E-state index contributed by atoms with van der Waals surface area (Å²) in [6, 6.07) is 11.3. The van der Waals surface area contributed by atoms with Gasteiger partial charge in [-0.25, -0.2) is 0 Å². The molecule has 7 heteroatoms. The van der Waals surface area contributed by atoms with Crippen LogP contribution < -0.4 is 4.90 Å². The number of anilines is 1. The summed E-state index contributed by atoms with van der Waals surface area (Å²) in [4.78, 5) is 19.3. The molecular weight excluding hydrogens is 347 g/mol. The summed E-state index contributed by atoms with van der Waals surface area (Å²) in [5.41, 5.74) is 1.97. The van der Waals surface area contributed by atoms with Gasteiger partial charge in [-0.15, -0.1) is 0 Å². The van der Waals surface area contributed by atoms with Crippen LogP contribution in [0.4, 0.5) is 5.69 Å². The third kappa shape index (κ3) is 3.35. The van der Waals surface area contributed by atoms with Gasteiger partial charge in [0.2, 0.25) is 0 Å². The largest absolute Gasteiger partial charge is 0.369 e. The van der Waals surface area contributed by atoms with Gasteiger partial charge in [0, 0.05) is 26.2 Å². The van der Waals surface area contributed by atoms with E-state index in [0.29, 0.717) is 35.9 Å². The van der Waals surface area contributed by atoms with Crippen LogP contribution in [0.2, 0.25) is 10.2 Å². The van der Waals surface area contributed by atoms with Crippen molar-refractivity contribution in [1.29, 1.82) is 5.26 Å². The second kappa shape index (κ2) is 7.16. The van der Waals surface area contributed by atoms with E-state index in [4.69, 9.17) is 23.2 Å². The highest BCUT2D eigenvalue weighted by Gasteiger charge is 2.23. The summed E-state index contributed by atoms with van der Waals surface area (Å²) < 4.78 is 0. The highest BCUT2D eigenvalue weighted by molar-refractivity contribution is 6.41. The van der Waals surface area contributed by atoms with E-state index >= 15 is 0 Å². The van der Waals surface area contributed by atoms with Crippen molar-refractivity contribution in [3.8, 4) is 6.07 Å². The van der Waals surface area contributed by atoms with Crippen molar-refractivity contribution in [2.75, 3.05) is 31.1 Å². The highest BCUT2D eigenvalue weighted by atomic mass is 35.5. The van der Waals surface area contributed by atoms with Crippen molar-refractivity contribution in [2.24, 2.45) is 0 Å². The zero-order valence-corrected chi connectivity index (χ0v) is 14.4. The Bertz CT molecular complexity index is 777. The molecular formula is C17H16Cl2N4O. The van der Waals surface area contributed by atoms with E-state index in [0.717, 1.165) is 18.7 Å². The van der Waals surface area contributed by atoms with Gasteiger partial charge in [0.15, 0.2) is 0 Å². The minimum atomic E-state index is -0.112. The van der Waals surface area contributed by atoms with Gasteiger partial charge in [0.1, 0.15) is 16.9 Å². The van der Waals surface area contributed by atoms with E-state index in [1.54, 1.807) is 11.0 Å². The first-order valence-corrected chi connectivity index (χ1v) is 8.43. The number of para-hydroxylation sites is 1. The topological polar surface area (TPSA) is 63.1 Å². The van der Waals surface area contributed by atoms with Crippen molar-refractivity contribution in [3.63, 3.8) is 0 Å². The minimum absolute atomic E-state index is 0.112. The van der Waals surface area contributed by atoms with E-state index in [1.165, 1.54) is 0 Å². The average molecular weight is 363 g/mol. The van der Waals surface area contributed by atoms with Crippen LogP contribution in [0.5, 0.6) is 0 Å². The van der Waals surface area contributed by atoms with Gasteiger partial charge in [-0.1, -0.05) is 35.3 Å². The number of carbonyl (C=O) groups is 1. The minimum Gasteiger partial charge on any atom is -0.369 e. The third-order valence-corrected chi connectivity index (χ3v) is 4.80. The fourth-order valence-electron chi connectivity index (χ4n) is 2.90. The van der Waals surface area contributed by atoms with Crippen molar-refractivity contribution in [2.45, 2.75) is 6.42 Å². The predicted octanol–water partition coefficient (Wildman–Crippen LogP) is 3.55. The van der Waals surface area contributed by atoms with Gasteiger partial charge in [-0.05, 0) is 24.6 Å². The van der Waals surface area contributed by atoms with Gasteiger partial charge in [-0.3, -0.25) is 4.79 Å². The number of rotatable bonds is 2. The third-order valence-electron chi connectivity index (χ3n) is 4.10. The number of benzene rings is 1. The highest BCUT2D eigenvalue weighted by Crippen LogP contribution is 2.24. The summed E-state index contributed by atoms with van der Waals surface area (Å²) in [6.45, 7) is 2.70. The van der Waals surface area contributed by atoms with Gasteiger partial charge in [0.25, 0.3) is 5.91 Å². The van der Waals surface area contributed by atoms with E-state index < -0.39 is 0 Å². The lowest BCUT2D eigenvalue weighted by Crippen LogP contribution is -2.35. The Kier molecular flexibility index (Phi) is 4.98. The maximum Gasteiger partial charge on any atom is 0.270 e. The molecule has 2 heterocycles. The Hall–Kier alpha value is -2.16. The Morgan fingerprint density at radius 1 is 1.17 bits per heavy atom. The number of H-pyrrole nitrogens is 1. The molecule has 0 unspecified atom stereocenters. The molecule has 24 heavy (non-hydrogen) atoms. The molecule has 1 N–H and O–H groups in total. The molecule has 3 rings (SSSR count). The molecule has 1 fully saturated rings. The summed E-state index contributed by atoms with van der Waals surface area (Å²) in [6.07, 6.45) is 0.827. The van der Waals surface area contributed by atoms with E-state index in [-0.39, 0.29) is 11.1 Å². The Labute approximate surface area is 150 Å². The zero-order chi connectivity index (χ0) is 17.1. The predicted molar refractivity (Wildman–Crippen MR) is 94.7 cm³/mol. The molecule has 1 amide bonds. The smallest absolute Gasteiger partial charge is 0.270 e. The first kappa shape index (κ1) is 16.7. The molecule has 0 bridgehead atoms. The molecule has 1 aliphatic heterocycles. The number of hydrogen-bond donors (Lipinski definition) is 1. The SMILES string of the molecule is N#Cc1ccccc1N1CCCN(C(=O)c2cc(Cl)c(Cl)[nH]2)CC1. The van der Waals surface area contributed by atoms with Crippen LogP contribution in [0.3, 0.4) is 0 Å². The Balaban J connectivity index is 1.73. The lowest BCUT2D eigenvalue weighted by atomic mass is 10.1. The first-order chi connectivity index (χ1) is 11.6. The summed E-state index contributed by atoms with van der Waals surface area (Å²) in [5.74, 6) is -0.112. The second-order valence-electron chi connectivity index (χ2n) is 5.61. The number of nitriles is 1. The first-order valence-electron chi connectivity index (χ1n) is 7.67. The quantitative estimate of drug-likeness (QED) is 0.888. The van der Waals surface area contributed by atoms with Crippen molar-refractivity contribution >= 4 is 34.8 Å². The number of halogens is 2. The Morgan fingerprint density at radius 2 is 1.96 bits per heavy atom. The van der Waals surface area contributed by atoms with Crippen molar-refractivity contribution in [3.05, 3.63) is 51.8 Å². The summed E-state index contributed by atoms with van der Waals surface area (Å²) in [5, 5.41) is 9.89. The number of amides is 1. The summed E-state index contributed by atoms with van der Waals surface area (Å²) >= 11 is 11.8. The van der Waals surface area contributed by atoms with Gasteiger partial charge in [0.05, 0.1) is 16.3 Å². The number of aromatic amines is 1. The monoisotopic (exact) mass is 362 g/mol. The van der Waals surface area contributed by atoms with Crippen LogP contribution in [0, 0.1) is 11.3 Å². The van der Waals surface area contributed by atoms with E-state index in [1.807, 2.05) is 24.3 Å². The Morgan fingerprint density at radius 3 is 2.67 bits per heavy atom. The lowest BCUT2D eigenvalue weighted by Gasteiger charge is -2.24. The zero-order valence-electron chi connectivity index (χ0n) is 12.9. The molecule has 2 aromatic rings. The molecule has 0 saturated carbocycles. The number of nitrogens with zero attached hydrogens (tertiary/aromatic N) is 3. The fourth-order valence-corrected chi connectivity index (χ4v) is 3.21. The van der Waals surface area contributed by atoms with Crippen molar-refractivity contribution in [1.82, 2.24) is 9.88 Å². The summed E-state index contributed by atoms with van der Waals surface area (Å²) in [7, 11) is 0. The number of carbonyl (C=O) groups excluding carboxylic acids is 1. The lowest BCUT2D eigenvalue weighted by molar-refractivity contribution is 0.0762. The molecule has 0 radical (unpaired) electrons. The number of hydrogen-bond acceptors (Lipinski definition) is 3. The fraction of sp³-hybridized carbons (Fsp3) is 0.294. The van der Waals surface area contributed by atoms with Crippen molar-refractivity contribution < 1.29 is 4.79 Å². The van der Waals surface area contributed by atoms with Crippen LogP contribution in [0.15, 0.2) is 30.3 Å². The maximum absolute atomic E-state index is 12.6. The van der Waals surface area contributed by atoms with Crippen LogP contribution in [0.1, 0.15) is 22.5 Å². The molecule has 1 aromatic heterocycles. The van der Waals surface area contributed by atoms with Crippen LogP contribution in [-0.4, -0.2) is 42.0 Å². The molecule has 0 atom stereocenters.